The highest BCUT2D eigenvalue weighted by Crippen LogP contribution is 2.19. The third-order valence-electron chi connectivity index (χ3n) is 2.35. The number of carbonyl (C=O) groups excluding carboxylic acids is 1. The number of furan rings is 1. The Balaban J connectivity index is 2.74. The van der Waals surface area contributed by atoms with Crippen LogP contribution in [-0.2, 0) is 11.3 Å². The highest BCUT2D eigenvalue weighted by molar-refractivity contribution is 5.81. The normalized spacial score (nSPS) is 10.9. The monoisotopic (exact) mass is 234 g/mol. The molecular weight excluding hydrogens is 216 g/mol. The van der Waals surface area contributed by atoms with Crippen LogP contribution in [0.25, 0.3) is 0 Å². The van der Waals surface area contributed by atoms with E-state index in [-0.39, 0.29) is 5.91 Å². The summed E-state index contributed by atoms with van der Waals surface area (Å²) >= 11 is 0. The molecule has 4 nitrogen and oxygen atoms in total. The highest BCUT2D eigenvalue weighted by Gasteiger charge is 2.27. The first-order valence-corrected chi connectivity index (χ1v) is 5.64. The maximum atomic E-state index is 12.2. The molecule has 1 rings (SSSR count). The summed E-state index contributed by atoms with van der Waals surface area (Å²) in [5.41, 5.74) is -0.442. The lowest BCUT2D eigenvalue weighted by molar-refractivity contribution is -0.140. The fraction of sp³-hybridized carbons (Fsp3) is 0.538. The molecule has 0 bridgehead atoms. The zero-order valence-electron chi connectivity index (χ0n) is 10.6. The van der Waals surface area contributed by atoms with E-state index in [4.69, 9.17) is 9.68 Å². The number of nitriles is 1. The molecule has 1 aromatic rings. The van der Waals surface area contributed by atoms with Gasteiger partial charge in [-0.15, -0.1) is 0 Å². The van der Waals surface area contributed by atoms with Gasteiger partial charge in [0.15, 0.2) is 0 Å². The lowest BCUT2D eigenvalue weighted by Gasteiger charge is -2.28. The number of nitrogens with zero attached hydrogens (tertiary/aromatic N) is 2. The molecule has 0 atom stereocenters. The van der Waals surface area contributed by atoms with Gasteiger partial charge in [0.05, 0.1) is 25.3 Å². The van der Waals surface area contributed by atoms with E-state index in [1.807, 2.05) is 26.8 Å². The van der Waals surface area contributed by atoms with E-state index in [0.717, 1.165) is 5.76 Å². The van der Waals surface area contributed by atoms with Gasteiger partial charge in [-0.05, 0) is 12.1 Å². The van der Waals surface area contributed by atoms with Gasteiger partial charge in [0.1, 0.15) is 5.76 Å². The first-order valence-electron chi connectivity index (χ1n) is 5.64. The van der Waals surface area contributed by atoms with Gasteiger partial charge in [0.2, 0.25) is 5.91 Å². The lowest BCUT2D eigenvalue weighted by atomic mass is 9.94. The van der Waals surface area contributed by atoms with Crippen LogP contribution in [0.2, 0.25) is 0 Å². The number of carbonyl (C=O) groups is 1. The van der Waals surface area contributed by atoms with Crippen LogP contribution in [0.5, 0.6) is 0 Å². The molecule has 1 amide bonds. The smallest absolute Gasteiger partial charge is 0.228 e. The molecule has 1 heterocycles. The van der Waals surface area contributed by atoms with Gasteiger partial charge in [0, 0.05) is 12.0 Å². The largest absolute Gasteiger partial charge is 0.467 e. The SMILES string of the molecule is CC(C)(C)C(=O)N(CCC#N)Cc1ccco1. The Morgan fingerprint density at radius 2 is 2.24 bits per heavy atom. The van der Waals surface area contributed by atoms with Crippen LogP contribution in [0.1, 0.15) is 33.0 Å². The Morgan fingerprint density at radius 3 is 2.71 bits per heavy atom. The second-order valence-electron chi connectivity index (χ2n) is 4.96. The topological polar surface area (TPSA) is 57.2 Å². The van der Waals surface area contributed by atoms with Crippen molar-refractivity contribution in [1.29, 1.82) is 5.26 Å². The van der Waals surface area contributed by atoms with Crippen molar-refractivity contribution >= 4 is 5.91 Å². The highest BCUT2D eigenvalue weighted by atomic mass is 16.3. The van der Waals surface area contributed by atoms with Gasteiger partial charge >= 0.3 is 0 Å². The van der Waals surface area contributed by atoms with E-state index in [1.165, 1.54) is 0 Å². The predicted molar refractivity (Wildman–Crippen MR) is 63.8 cm³/mol. The second kappa shape index (κ2) is 5.53. The minimum Gasteiger partial charge on any atom is -0.467 e. The van der Waals surface area contributed by atoms with Crippen molar-refractivity contribution in [2.75, 3.05) is 6.54 Å². The van der Waals surface area contributed by atoms with Crippen LogP contribution in [0, 0.1) is 16.7 Å². The summed E-state index contributed by atoms with van der Waals surface area (Å²) in [6.07, 6.45) is 1.92. The Morgan fingerprint density at radius 1 is 1.53 bits per heavy atom. The summed E-state index contributed by atoms with van der Waals surface area (Å²) in [6.45, 7) is 6.47. The molecule has 0 spiro atoms. The summed E-state index contributed by atoms with van der Waals surface area (Å²) in [4.78, 5) is 13.8. The molecule has 0 aliphatic rings. The molecule has 0 unspecified atom stereocenters. The van der Waals surface area contributed by atoms with E-state index in [1.54, 1.807) is 17.2 Å². The quantitative estimate of drug-likeness (QED) is 0.804. The molecule has 0 aliphatic carbocycles. The first kappa shape index (κ1) is 13.3. The summed E-state index contributed by atoms with van der Waals surface area (Å²) in [5.74, 6) is 0.768. The van der Waals surface area contributed by atoms with Crippen molar-refractivity contribution in [1.82, 2.24) is 4.90 Å². The van der Waals surface area contributed by atoms with Crippen LogP contribution in [-0.4, -0.2) is 17.4 Å². The average molecular weight is 234 g/mol. The molecular formula is C13H18N2O2. The van der Waals surface area contributed by atoms with Gasteiger partial charge in [-0.25, -0.2) is 0 Å². The standard InChI is InChI=1S/C13H18N2O2/c1-13(2,3)12(16)15(8-5-7-14)10-11-6-4-9-17-11/h4,6,9H,5,8,10H2,1-3H3. The minimum absolute atomic E-state index is 0.0316. The van der Waals surface area contributed by atoms with Gasteiger partial charge in [-0.3, -0.25) is 4.79 Å². The van der Waals surface area contributed by atoms with Crippen LogP contribution in [0.4, 0.5) is 0 Å². The first-order chi connectivity index (χ1) is 7.95. The van der Waals surface area contributed by atoms with Crippen LogP contribution >= 0.6 is 0 Å². The number of amides is 1. The third kappa shape index (κ3) is 3.95. The van der Waals surface area contributed by atoms with Crippen LogP contribution in [0.3, 0.4) is 0 Å². The summed E-state index contributed by atoms with van der Waals surface area (Å²) in [5, 5.41) is 8.61. The second-order valence-corrected chi connectivity index (χ2v) is 4.96. The predicted octanol–water partition coefficient (Wildman–Crippen LogP) is 2.57. The molecule has 0 saturated heterocycles. The Labute approximate surface area is 102 Å². The van der Waals surface area contributed by atoms with E-state index in [9.17, 15) is 4.79 Å². The number of hydrogen-bond acceptors (Lipinski definition) is 3. The van der Waals surface area contributed by atoms with Crippen molar-refractivity contribution in [2.45, 2.75) is 33.7 Å². The zero-order valence-corrected chi connectivity index (χ0v) is 10.6. The molecule has 0 radical (unpaired) electrons. The Hall–Kier alpha value is -1.76. The maximum Gasteiger partial charge on any atom is 0.228 e. The minimum atomic E-state index is -0.442. The average Bonchev–Trinajstić information content (AvgIpc) is 2.74. The van der Waals surface area contributed by atoms with Crippen LogP contribution < -0.4 is 0 Å². The van der Waals surface area contributed by atoms with Crippen molar-refractivity contribution in [3.8, 4) is 6.07 Å². The molecule has 1 aromatic heterocycles. The molecule has 0 saturated carbocycles. The van der Waals surface area contributed by atoms with Crippen molar-refractivity contribution in [3.63, 3.8) is 0 Å². The molecule has 17 heavy (non-hydrogen) atoms. The van der Waals surface area contributed by atoms with Crippen molar-refractivity contribution in [2.24, 2.45) is 5.41 Å². The zero-order chi connectivity index (χ0) is 12.9. The van der Waals surface area contributed by atoms with Gasteiger partial charge in [-0.2, -0.15) is 5.26 Å². The molecule has 0 aromatic carbocycles. The Bertz CT molecular complexity index is 396. The fourth-order valence-corrected chi connectivity index (χ4v) is 1.50. The lowest BCUT2D eigenvalue weighted by Crippen LogP contribution is -2.39. The molecule has 4 heteroatoms. The van der Waals surface area contributed by atoms with Gasteiger partial charge in [0.25, 0.3) is 0 Å². The summed E-state index contributed by atoms with van der Waals surface area (Å²) in [7, 11) is 0. The van der Waals surface area contributed by atoms with Crippen molar-refractivity contribution in [3.05, 3.63) is 24.2 Å². The van der Waals surface area contributed by atoms with Crippen molar-refractivity contribution < 1.29 is 9.21 Å². The van der Waals surface area contributed by atoms with E-state index >= 15 is 0 Å². The molecule has 92 valence electrons. The Kier molecular flexibility index (Phi) is 4.33. The molecule has 0 fully saturated rings. The van der Waals surface area contributed by atoms with Gasteiger partial charge in [-0.1, -0.05) is 20.8 Å². The van der Waals surface area contributed by atoms with E-state index in [2.05, 4.69) is 6.07 Å². The summed E-state index contributed by atoms with van der Waals surface area (Å²) < 4.78 is 5.23. The maximum absolute atomic E-state index is 12.2. The number of hydrogen-bond donors (Lipinski definition) is 0. The molecule has 0 aliphatic heterocycles. The number of rotatable bonds is 4. The fourth-order valence-electron chi connectivity index (χ4n) is 1.50. The van der Waals surface area contributed by atoms with Gasteiger partial charge < -0.3 is 9.32 Å². The van der Waals surface area contributed by atoms with Crippen LogP contribution in [0.15, 0.2) is 22.8 Å². The summed E-state index contributed by atoms with van der Waals surface area (Å²) in [6, 6.07) is 5.68. The third-order valence-corrected chi connectivity index (χ3v) is 2.35. The van der Waals surface area contributed by atoms with E-state index in [0.29, 0.717) is 19.5 Å². The van der Waals surface area contributed by atoms with E-state index < -0.39 is 5.41 Å². The molecule has 0 N–H and O–H groups in total.